The van der Waals surface area contributed by atoms with Gasteiger partial charge in [0.2, 0.25) is 0 Å². The summed E-state index contributed by atoms with van der Waals surface area (Å²) in [5.74, 6) is 0. The summed E-state index contributed by atoms with van der Waals surface area (Å²) in [7, 11) is 2.58. The van der Waals surface area contributed by atoms with Crippen molar-refractivity contribution >= 4 is 23.6 Å². The maximum Gasteiger partial charge on any atom is 0.526 e. The van der Waals surface area contributed by atoms with E-state index in [9.17, 15) is 29.8 Å². The lowest BCUT2D eigenvalue weighted by Gasteiger charge is -2.21. The number of nitro groups is 2. The molecule has 2 amide bonds. The molecule has 0 saturated carbocycles. The van der Waals surface area contributed by atoms with Crippen LogP contribution in [0.2, 0.25) is 0 Å². The first kappa shape index (κ1) is 21.4. The zero-order chi connectivity index (χ0) is 21.6. The van der Waals surface area contributed by atoms with Gasteiger partial charge in [-0.2, -0.15) is 9.59 Å². The number of non-ortho nitro benzene ring substituents is 2. The third-order valence-corrected chi connectivity index (χ3v) is 3.93. The molecule has 0 aliphatic carbocycles. The van der Waals surface area contributed by atoms with E-state index in [1.807, 2.05) is 0 Å². The van der Waals surface area contributed by atoms with Crippen LogP contribution < -0.4 is 0 Å². The van der Waals surface area contributed by atoms with Crippen molar-refractivity contribution in [2.24, 2.45) is 0 Å². The predicted molar refractivity (Wildman–Crippen MR) is 98.7 cm³/mol. The SMILES string of the molecule is C[N+](C)(C(=O)OCc1ccc([N+](=O)[O-])cc1)C(=O)OCc1ccc([N+](=O)[O-])cc1. The molecule has 0 spiro atoms. The molecule has 0 aliphatic heterocycles. The second-order valence-corrected chi connectivity index (χ2v) is 6.41. The normalized spacial score (nSPS) is 10.8. The Morgan fingerprint density at radius 1 is 0.759 bits per heavy atom. The number of carbonyl (C=O) groups is 2. The van der Waals surface area contributed by atoms with E-state index in [0.29, 0.717) is 11.1 Å². The molecular weight excluding hydrogens is 386 g/mol. The monoisotopic (exact) mass is 404 g/mol. The predicted octanol–water partition coefficient (Wildman–Crippen LogP) is 3.55. The van der Waals surface area contributed by atoms with Crippen molar-refractivity contribution in [2.75, 3.05) is 14.1 Å². The molecule has 11 heteroatoms. The Bertz CT molecular complexity index is 848. The highest BCUT2D eigenvalue weighted by atomic mass is 16.6. The lowest BCUT2D eigenvalue weighted by molar-refractivity contribution is -0.742. The van der Waals surface area contributed by atoms with Gasteiger partial charge < -0.3 is 9.47 Å². The summed E-state index contributed by atoms with van der Waals surface area (Å²) in [6.07, 6.45) is -1.76. The highest BCUT2D eigenvalue weighted by molar-refractivity contribution is 5.75. The number of rotatable bonds is 6. The van der Waals surface area contributed by atoms with Crippen LogP contribution in [0.3, 0.4) is 0 Å². The minimum absolute atomic E-state index is 0.0917. The van der Waals surface area contributed by atoms with E-state index in [-0.39, 0.29) is 24.6 Å². The number of quaternary nitrogens is 1. The Hall–Kier alpha value is -3.86. The van der Waals surface area contributed by atoms with Gasteiger partial charge in [0.05, 0.1) is 23.9 Å². The molecule has 0 N–H and O–H groups in total. The number of carbonyl (C=O) groups excluding carboxylic acids is 2. The molecule has 0 radical (unpaired) electrons. The van der Waals surface area contributed by atoms with Gasteiger partial charge in [-0.1, -0.05) is 0 Å². The second kappa shape index (κ2) is 8.89. The molecule has 0 fully saturated rings. The molecule has 2 rings (SSSR count). The van der Waals surface area contributed by atoms with Crippen LogP contribution in [0.4, 0.5) is 21.0 Å². The first-order chi connectivity index (χ1) is 13.6. The quantitative estimate of drug-likeness (QED) is 0.404. The van der Waals surface area contributed by atoms with Gasteiger partial charge in [0, 0.05) is 24.3 Å². The van der Waals surface area contributed by atoms with Gasteiger partial charge in [0.25, 0.3) is 11.4 Å². The molecule has 0 heterocycles. The minimum atomic E-state index is -0.878. The van der Waals surface area contributed by atoms with Crippen LogP contribution in [0.15, 0.2) is 48.5 Å². The minimum Gasteiger partial charge on any atom is -0.415 e. The topological polar surface area (TPSA) is 139 Å². The fraction of sp³-hybridized carbons (Fsp3) is 0.222. The van der Waals surface area contributed by atoms with Crippen molar-refractivity contribution < 1.29 is 33.4 Å². The van der Waals surface area contributed by atoms with Crippen LogP contribution in [-0.2, 0) is 22.7 Å². The van der Waals surface area contributed by atoms with Crippen LogP contribution in [0.25, 0.3) is 0 Å². The van der Waals surface area contributed by atoms with E-state index in [4.69, 9.17) is 9.47 Å². The summed E-state index contributed by atoms with van der Waals surface area (Å²) >= 11 is 0. The summed E-state index contributed by atoms with van der Waals surface area (Å²) in [6.45, 7) is -0.345. The largest absolute Gasteiger partial charge is 0.526 e. The summed E-state index contributed by atoms with van der Waals surface area (Å²) in [5.41, 5.74) is 0.850. The van der Waals surface area contributed by atoms with Crippen LogP contribution in [0.1, 0.15) is 11.1 Å². The Morgan fingerprint density at radius 2 is 1.07 bits per heavy atom. The molecule has 0 aromatic heterocycles. The van der Waals surface area contributed by atoms with Crippen molar-refractivity contribution in [3.63, 3.8) is 0 Å². The van der Waals surface area contributed by atoms with Gasteiger partial charge in [-0.3, -0.25) is 20.2 Å². The highest BCUT2D eigenvalue weighted by Gasteiger charge is 2.40. The third-order valence-electron chi connectivity index (χ3n) is 3.93. The second-order valence-electron chi connectivity index (χ2n) is 6.41. The Labute approximate surface area is 165 Å². The van der Waals surface area contributed by atoms with Crippen LogP contribution in [0, 0.1) is 20.2 Å². The Kier molecular flexibility index (Phi) is 6.57. The smallest absolute Gasteiger partial charge is 0.415 e. The zero-order valence-corrected chi connectivity index (χ0v) is 15.6. The lowest BCUT2D eigenvalue weighted by Crippen LogP contribution is -2.50. The van der Waals surface area contributed by atoms with E-state index in [0.717, 1.165) is 0 Å². The number of hydrogen-bond donors (Lipinski definition) is 0. The first-order valence-electron chi connectivity index (χ1n) is 8.26. The molecule has 11 nitrogen and oxygen atoms in total. The number of hydrogen-bond acceptors (Lipinski definition) is 8. The Morgan fingerprint density at radius 3 is 1.34 bits per heavy atom. The standard InChI is InChI=1S/C18H18N3O8/c1-21(2,17(22)28-11-13-3-7-15(8-4-13)19(24)25)18(23)29-12-14-5-9-16(10-6-14)20(26)27/h3-10H,11-12H2,1-2H3/q+1. The summed E-state index contributed by atoms with van der Waals surface area (Å²) in [5, 5.41) is 21.3. The van der Waals surface area contributed by atoms with Crippen molar-refractivity contribution in [3.05, 3.63) is 79.9 Å². The van der Waals surface area contributed by atoms with E-state index < -0.39 is 26.5 Å². The Balaban J connectivity index is 1.90. The van der Waals surface area contributed by atoms with E-state index in [1.54, 1.807) is 0 Å². The number of nitro benzene ring substituents is 2. The van der Waals surface area contributed by atoms with Gasteiger partial charge in [0.15, 0.2) is 0 Å². The van der Waals surface area contributed by atoms with E-state index in [1.165, 1.54) is 62.6 Å². The van der Waals surface area contributed by atoms with Gasteiger partial charge in [-0.05, 0) is 35.4 Å². The number of ether oxygens (including phenoxy) is 2. The van der Waals surface area contributed by atoms with E-state index >= 15 is 0 Å². The summed E-state index contributed by atoms with van der Waals surface area (Å²) < 4.78 is 9.34. The van der Waals surface area contributed by atoms with Gasteiger partial charge in [-0.25, -0.2) is 0 Å². The average molecular weight is 404 g/mol. The van der Waals surface area contributed by atoms with Gasteiger partial charge in [-0.15, -0.1) is 4.48 Å². The zero-order valence-electron chi connectivity index (χ0n) is 15.6. The molecule has 0 unspecified atom stereocenters. The molecule has 0 bridgehead atoms. The van der Waals surface area contributed by atoms with Crippen LogP contribution in [0.5, 0.6) is 0 Å². The van der Waals surface area contributed by atoms with Crippen LogP contribution >= 0.6 is 0 Å². The number of nitrogens with zero attached hydrogens (tertiary/aromatic N) is 3. The summed E-state index contributed by atoms with van der Waals surface area (Å²) in [6, 6.07) is 10.9. The van der Waals surface area contributed by atoms with Crippen molar-refractivity contribution in [1.29, 1.82) is 0 Å². The van der Waals surface area contributed by atoms with E-state index in [2.05, 4.69) is 0 Å². The molecule has 2 aromatic rings. The van der Waals surface area contributed by atoms with Crippen molar-refractivity contribution in [1.82, 2.24) is 0 Å². The summed E-state index contributed by atoms with van der Waals surface area (Å²) in [4.78, 5) is 44.7. The van der Waals surface area contributed by atoms with Gasteiger partial charge >= 0.3 is 12.2 Å². The molecule has 0 aliphatic rings. The molecule has 0 atom stereocenters. The molecule has 152 valence electrons. The third kappa shape index (κ3) is 5.56. The fourth-order valence-corrected chi connectivity index (χ4v) is 2.12. The number of benzene rings is 2. The van der Waals surface area contributed by atoms with Gasteiger partial charge in [0.1, 0.15) is 13.2 Å². The highest BCUT2D eigenvalue weighted by Crippen LogP contribution is 2.16. The maximum atomic E-state index is 12.3. The average Bonchev–Trinajstić information content (AvgIpc) is 2.70. The molecule has 2 aromatic carbocycles. The first-order valence-corrected chi connectivity index (χ1v) is 8.26. The number of imide groups is 1. The van der Waals surface area contributed by atoms with Crippen molar-refractivity contribution in [2.45, 2.75) is 13.2 Å². The van der Waals surface area contributed by atoms with Crippen LogP contribution in [-0.4, -0.2) is 40.6 Å². The molecular formula is C18H18N3O8+. The number of amides is 2. The lowest BCUT2D eigenvalue weighted by atomic mass is 10.2. The molecule has 0 saturated heterocycles. The fourth-order valence-electron chi connectivity index (χ4n) is 2.12. The molecule has 29 heavy (non-hydrogen) atoms. The van der Waals surface area contributed by atoms with Crippen molar-refractivity contribution in [3.8, 4) is 0 Å². The maximum absolute atomic E-state index is 12.3.